The number of hydrogen-bond acceptors (Lipinski definition) is 6. The number of carbonyl (C=O) groups is 1. The van der Waals surface area contributed by atoms with Crippen molar-refractivity contribution in [3.05, 3.63) is 60.7 Å². The molecular formula is C19H15N3O2S. The fourth-order valence-corrected chi connectivity index (χ4v) is 3.53. The molecule has 1 fully saturated rings. The summed E-state index contributed by atoms with van der Waals surface area (Å²) in [6.07, 6.45) is 0.675. The first-order valence-electron chi connectivity index (χ1n) is 8.00. The topological polar surface area (TPSA) is 65.0 Å². The first-order valence-corrected chi connectivity index (χ1v) is 8.88. The maximum Gasteiger partial charge on any atom is 0.319 e. The van der Waals surface area contributed by atoms with E-state index in [1.807, 2.05) is 60.7 Å². The zero-order valence-corrected chi connectivity index (χ0v) is 14.1. The van der Waals surface area contributed by atoms with Crippen LogP contribution in [0.4, 0.5) is 0 Å². The van der Waals surface area contributed by atoms with Crippen molar-refractivity contribution in [3.8, 4) is 22.5 Å². The third kappa shape index (κ3) is 3.39. The van der Waals surface area contributed by atoms with E-state index in [9.17, 15) is 4.79 Å². The molecule has 0 saturated carbocycles. The summed E-state index contributed by atoms with van der Waals surface area (Å²) in [6, 6.07) is 19.7. The monoisotopic (exact) mass is 349 g/mol. The number of rotatable bonds is 4. The van der Waals surface area contributed by atoms with Crippen LogP contribution in [0.5, 0.6) is 0 Å². The Morgan fingerprint density at radius 1 is 0.880 bits per heavy atom. The van der Waals surface area contributed by atoms with Gasteiger partial charge in [0.05, 0.1) is 6.61 Å². The Balaban J connectivity index is 1.76. The number of esters is 1. The summed E-state index contributed by atoms with van der Waals surface area (Å²) in [7, 11) is 0. The first kappa shape index (κ1) is 15.8. The van der Waals surface area contributed by atoms with Crippen LogP contribution in [-0.4, -0.2) is 33.0 Å². The van der Waals surface area contributed by atoms with Gasteiger partial charge in [0, 0.05) is 17.5 Å². The Hall–Kier alpha value is -2.73. The highest BCUT2D eigenvalue weighted by Gasteiger charge is 2.29. The van der Waals surface area contributed by atoms with Crippen LogP contribution in [0.25, 0.3) is 22.5 Å². The van der Waals surface area contributed by atoms with Crippen molar-refractivity contribution in [3.63, 3.8) is 0 Å². The lowest BCUT2D eigenvalue weighted by atomic mass is 10.0. The molecule has 2 heterocycles. The zero-order valence-electron chi connectivity index (χ0n) is 13.3. The van der Waals surface area contributed by atoms with E-state index in [1.165, 1.54) is 11.8 Å². The molecule has 0 spiro atoms. The summed E-state index contributed by atoms with van der Waals surface area (Å²) in [5.74, 6) is -0.206. The molecule has 3 aromatic rings. The van der Waals surface area contributed by atoms with Gasteiger partial charge in [-0.15, -0.1) is 10.2 Å². The van der Waals surface area contributed by atoms with Crippen LogP contribution in [0, 0.1) is 0 Å². The minimum absolute atomic E-state index is 0.206. The fraction of sp³-hybridized carbons (Fsp3) is 0.158. The van der Waals surface area contributed by atoms with Gasteiger partial charge in [0.15, 0.2) is 0 Å². The van der Waals surface area contributed by atoms with E-state index in [1.54, 1.807) is 0 Å². The molecule has 1 saturated heterocycles. The number of aromatic nitrogens is 3. The molecule has 0 bridgehead atoms. The molecule has 124 valence electrons. The highest BCUT2D eigenvalue weighted by molar-refractivity contribution is 8.00. The Kier molecular flexibility index (Phi) is 4.43. The van der Waals surface area contributed by atoms with Crippen molar-refractivity contribution in [1.82, 2.24) is 15.2 Å². The van der Waals surface area contributed by atoms with Crippen molar-refractivity contribution in [2.45, 2.75) is 16.8 Å². The maximum atomic E-state index is 11.7. The Bertz CT molecular complexity index is 888. The van der Waals surface area contributed by atoms with E-state index >= 15 is 0 Å². The van der Waals surface area contributed by atoms with Crippen molar-refractivity contribution < 1.29 is 9.53 Å². The molecule has 0 N–H and O–H groups in total. The summed E-state index contributed by atoms with van der Waals surface area (Å²) in [6.45, 7) is 0.456. The van der Waals surface area contributed by atoms with E-state index in [-0.39, 0.29) is 11.2 Å². The second-order valence-electron chi connectivity index (χ2n) is 5.59. The maximum absolute atomic E-state index is 11.7. The fourth-order valence-electron chi connectivity index (χ4n) is 2.66. The summed E-state index contributed by atoms with van der Waals surface area (Å²) in [5.41, 5.74) is 3.41. The van der Waals surface area contributed by atoms with Gasteiger partial charge in [-0.2, -0.15) is 0 Å². The number of nitrogens with zero attached hydrogens (tertiary/aromatic N) is 3. The molecule has 25 heavy (non-hydrogen) atoms. The lowest BCUT2D eigenvalue weighted by molar-refractivity contribution is -0.137. The van der Waals surface area contributed by atoms with Gasteiger partial charge in [-0.05, 0) is 0 Å². The van der Waals surface area contributed by atoms with E-state index in [0.717, 1.165) is 22.5 Å². The van der Waals surface area contributed by atoms with Crippen molar-refractivity contribution in [2.24, 2.45) is 0 Å². The third-order valence-electron chi connectivity index (χ3n) is 3.90. The Morgan fingerprint density at radius 3 is 2.12 bits per heavy atom. The molecule has 0 amide bonds. The number of hydrogen-bond donors (Lipinski definition) is 0. The minimum atomic E-state index is -0.256. The molecule has 4 rings (SSSR count). The largest absolute Gasteiger partial charge is 0.465 e. The number of thioether (sulfide) groups is 1. The average Bonchev–Trinajstić information content (AvgIpc) is 3.08. The van der Waals surface area contributed by atoms with Crippen LogP contribution in [-0.2, 0) is 9.53 Å². The lowest BCUT2D eigenvalue weighted by Gasteiger charge is -2.10. The molecule has 1 atom stereocenters. The van der Waals surface area contributed by atoms with E-state index < -0.39 is 0 Å². The second kappa shape index (κ2) is 7.03. The molecule has 0 unspecified atom stereocenters. The van der Waals surface area contributed by atoms with Crippen molar-refractivity contribution in [2.75, 3.05) is 6.61 Å². The van der Waals surface area contributed by atoms with E-state index in [0.29, 0.717) is 18.2 Å². The van der Waals surface area contributed by atoms with Crippen molar-refractivity contribution >= 4 is 17.7 Å². The second-order valence-corrected chi connectivity index (χ2v) is 6.76. The van der Waals surface area contributed by atoms with Crippen molar-refractivity contribution in [1.29, 1.82) is 0 Å². The quantitative estimate of drug-likeness (QED) is 0.671. The van der Waals surface area contributed by atoms with Gasteiger partial charge in [0.1, 0.15) is 16.6 Å². The van der Waals surface area contributed by atoms with Crippen LogP contribution in [0.15, 0.2) is 65.8 Å². The van der Waals surface area contributed by atoms with Gasteiger partial charge in [0.25, 0.3) is 0 Å². The number of benzene rings is 2. The van der Waals surface area contributed by atoms with Gasteiger partial charge in [-0.1, -0.05) is 72.4 Å². The van der Waals surface area contributed by atoms with Crippen LogP contribution < -0.4 is 0 Å². The van der Waals surface area contributed by atoms with Gasteiger partial charge in [-0.3, -0.25) is 4.79 Å². The zero-order chi connectivity index (χ0) is 17.1. The SMILES string of the molecule is O=C1OCC[C@H]1Sc1nnc(-c2ccccc2)c(-c2ccccc2)n1. The molecule has 2 aromatic carbocycles. The molecule has 0 aliphatic carbocycles. The molecule has 1 aliphatic heterocycles. The van der Waals surface area contributed by atoms with E-state index in [4.69, 9.17) is 9.72 Å². The molecule has 6 heteroatoms. The molecule has 1 aliphatic rings. The number of ether oxygens (including phenoxy) is 1. The molecular weight excluding hydrogens is 334 g/mol. The Labute approximate surface area is 149 Å². The molecule has 0 radical (unpaired) electrons. The third-order valence-corrected chi connectivity index (χ3v) is 4.99. The average molecular weight is 349 g/mol. The predicted octanol–water partition coefficient (Wildman–Crippen LogP) is 3.61. The van der Waals surface area contributed by atoms with Gasteiger partial charge >= 0.3 is 5.97 Å². The lowest BCUT2D eigenvalue weighted by Crippen LogP contribution is -2.11. The van der Waals surface area contributed by atoms with Gasteiger partial charge in [0.2, 0.25) is 5.16 Å². The number of cyclic esters (lactones) is 1. The van der Waals surface area contributed by atoms with Gasteiger partial charge in [-0.25, -0.2) is 4.98 Å². The highest BCUT2D eigenvalue weighted by Crippen LogP contribution is 2.32. The first-order chi connectivity index (χ1) is 12.3. The smallest absolute Gasteiger partial charge is 0.319 e. The molecule has 1 aromatic heterocycles. The van der Waals surface area contributed by atoms with Crippen LogP contribution in [0.2, 0.25) is 0 Å². The highest BCUT2D eigenvalue weighted by atomic mass is 32.2. The van der Waals surface area contributed by atoms with Gasteiger partial charge < -0.3 is 4.74 Å². The van der Waals surface area contributed by atoms with Crippen LogP contribution >= 0.6 is 11.8 Å². The van der Waals surface area contributed by atoms with Crippen LogP contribution in [0.3, 0.4) is 0 Å². The summed E-state index contributed by atoms with van der Waals surface area (Å²) < 4.78 is 5.01. The normalized spacial score (nSPS) is 16.6. The predicted molar refractivity (Wildman–Crippen MR) is 95.9 cm³/mol. The summed E-state index contributed by atoms with van der Waals surface area (Å²) in [5, 5.41) is 8.87. The molecule has 5 nitrogen and oxygen atoms in total. The summed E-state index contributed by atoms with van der Waals surface area (Å²) in [4.78, 5) is 16.4. The van der Waals surface area contributed by atoms with E-state index in [2.05, 4.69) is 10.2 Å². The number of carbonyl (C=O) groups excluding carboxylic acids is 1. The Morgan fingerprint density at radius 2 is 1.52 bits per heavy atom. The minimum Gasteiger partial charge on any atom is -0.465 e. The summed E-state index contributed by atoms with van der Waals surface area (Å²) >= 11 is 1.31. The standard InChI is InChI=1S/C19H15N3O2S/c23-18-15(11-12-24-18)25-19-20-16(13-7-3-1-4-8-13)17(21-22-19)14-9-5-2-6-10-14/h1-10,15H,11-12H2/t15-/m1/s1. The van der Waals surface area contributed by atoms with Crippen LogP contribution in [0.1, 0.15) is 6.42 Å².